The number of aryl methyl sites for hydroxylation is 1. The molecule has 1 aliphatic heterocycles. The molecular weight excluding hydrogens is 316 g/mol. The topological polar surface area (TPSA) is 58.6 Å². The third kappa shape index (κ3) is 5.05. The van der Waals surface area contributed by atoms with E-state index in [1.54, 1.807) is 11.8 Å². The number of carbonyl (C=O) groups is 2. The van der Waals surface area contributed by atoms with Crippen molar-refractivity contribution in [3.63, 3.8) is 0 Å². The minimum atomic E-state index is -0.00323. The molecule has 0 spiro atoms. The fraction of sp³-hybridized carbons (Fsp3) is 0.600. The number of hydrogen-bond donors (Lipinski definition) is 1. The van der Waals surface area contributed by atoms with Crippen LogP contribution < -0.4 is 10.2 Å². The van der Waals surface area contributed by atoms with Gasteiger partial charge >= 0.3 is 0 Å². The highest BCUT2D eigenvalue weighted by atomic mass is 16.5. The zero-order valence-corrected chi connectivity index (χ0v) is 15.8. The van der Waals surface area contributed by atoms with Crippen LogP contribution in [0.2, 0.25) is 0 Å². The van der Waals surface area contributed by atoms with Crippen LogP contribution in [0, 0.1) is 12.8 Å². The van der Waals surface area contributed by atoms with Gasteiger partial charge in [0.25, 0.3) is 0 Å². The number of benzene rings is 1. The van der Waals surface area contributed by atoms with Crippen molar-refractivity contribution in [2.75, 3.05) is 31.2 Å². The summed E-state index contributed by atoms with van der Waals surface area (Å²) in [6, 6.07) is 6.13. The Kier molecular flexibility index (Phi) is 7.00. The van der Waals surface area contributed by atoms with Gasteiger partial charge in [-0.1, -0.05) is 32.0 Å². The van der Waals surface area contributed by atoms with Crippen LogP contribution in [0.4, 0.5) is 5.69 Å². The minimum Gasteiger partial charge on any atom is -0.381 e. The van der Waals surface area contributed by atoms with Crippen LogP contribution in [0.1, 0.15) is 50.7 Å². The third-order valence-electron chi connectivity index (χ3n) is 4.77. The Morgan fingerprint density at radius 2 is 1.96 bits per heavy atom. The lowest BCUT2D eigenvalue weighted by Crippen LogP contribution is -2.41. The van der Waals surface area contributed by atoms with Crippen molar-refractivity contribution in [3.05, 3.63) is 29.3 Å². The summed E-state index contributed by atoms with van der Waals surface area (Å²) < 4.78 is 5.30. The number of para-hydroxylation sites is 1. The maximum atomic E-state index is 12.3. The molecule has 5 nitrogen and oxygen atoms in total. The molecule has 1 N–H and O–H groups in total. The number of anilines is 1. The van der Waals surface area contributed by atoms with Gasteiger partial charge in [-0.25, -0.2) is 0 Å². The first-order valence-electron chi connectivity index (χ1n) is 9.15. The van der Waals surface area contributed by atoms with Gasteiger partial charge in [-0.2, -0.15) is 0 Å². The van der Waals surface area contributed by atoms with E-state index >= 15 is 0 Å². The third-order valence-corrected chi connectivity index (χ3v) is 4.77. The molecule has 2 amide bonds. The quantitative estimate of drug-likeness (QED) is 0.861. The summed E-state index contributed by atoms with van der Waals surface area (Å²) >= 11 is 0. The smallest absolute Gasteiger partial charge is 0.223 e. The van der Waals surface area contributed by atoms with Gasteiger partial charge in [-0.15, -0.1) is 0 Å². The minimum absolute atomic E-state index is 0.00323. The standard InChI is InChI=1S/C20H30N2O3/c1-14(2)18-7-5-6-15(3)19(18)22(16(4)23)11-10-21-20(24)17-8-12-25-13-9-17/h5-7,14,17H,8-13H2,1-4H3,(H,21,24). The molecule has 0 saturated carbocycles. The molecule has 5 heteroatoms. The van der Waals surface area contributed by atoms with E-state index in [0.717, 1.165) is 29.7 Å². The van der Waals surface area contributed by atoms with E-state index in [-0.39, 0.29) is 17.7 Å². The average molecular weight is 346 g/mol. The Morgan fingerprint density at radius 3 is 2.56 bits per heavy atom. The summed E-state index contributed by atoms with van der Waals surface area (Å²) in [6.45, 7) is 10.1. The molecule has 1 aliphatic rings. The average Bonchev–Trinajstić information content (AvgIpc) is 2.59. The molecule has 1 fully saturated rings. The second kappa shape index (κ2) is 8.99. The van der Waals surface area contributed by atoms with Gasteiger partial charge in [0.15, 0.2) is 0 Å². The van der Waals surface area contributed by atoms with Crippen molar-refractivity contribution in [2.24, 2.45) is 5.92 Å². The van der Waals surface area contributed by atoms with Crippen molar-refractivity contribution in [3.8, 4) is 0 Å². The summed E-state index contributed by atoms with van der Waals surface area (Å²) in [5.74, 6) is 0.426. The Bertz CT molecular complexity index is 607. The van der Waals surface area contributed by atoms with E-state index < -0.39 is 0 Å². The van der Waals surface area contributed by atoms with Crippen molar-refractivity contribution in [1.29, 1.82) is 0 Å². The summed E-state index contributed by atoms with van der Waals surface area (Å²) in [4.78, 5) is 26.3. The van der Waals surface area contributed by atoms with E-state index in [0.29, 0.717) is 32.2 Å². The lowest BCUT2D eigenvalue weighted by Gasteiger charge is -2.28. The monoisotopic (exact) mass is 346 g/mol. The fourth-order valence-electron chi connectivity index (χ4n) is 3.34. The number of amides is 2. The van der Waals surface area contributed by atoms with Gasteiger partial charge < -0.3 is 15.0 Å². The van der Waals surface area contributed by atoms with Gasteiger partial charge in [0.2, 0.25) is 11.8 Å². The van der Waals surface area contributed by atoms with E-state index in [4.69, 9.17) is 4.74 Å². The molecule has 1 aromatic carbocycles. The second-order valence-corrected chi connectivity index (χ2v) is 7.02. The highest BCUT2D eigenvalue weighted by molar-refractivity contribution is 5.93. The molecule has 0 unspecified atom stereocenters. The second-order valence-electron chi connectivity index (χ2n) is 7.02. The molecule has 1 saturated heterocycles. The predicted octanol–water partition coefficient (Wildman–Crippen LogP) is 3.01. The van der Waals surface area contributed by atoms with Crippen molar-refractivity contribution in [2.45, 2.75) is 46.5 Å². The Hall–Kier alpha value is -1.88. The maximum Gasteiger partial charge on any atom is 0.223 e. The van der Waals surface area contributed by atoms with Gasteiger partial charge in [0.1, 0.15) is 0 Å². The summed E-state index contributed by atoms with van der Waals surface area (Å²) in [6.07, 6.45) is 1.55. The van der Waals surface area contributed by atoms with Crippen LogP contribution in [0.25, 0.3) is 0 Å². The molecule has 0 atom stereocenters. The van der Waals surface area contributed by atoms with E-state index in [2.05, 4.69) is 25.2 Å². The first kappa shape index (κ1) is 19.4. The molecule has 0 bridgehead atoms. The molecule has 1 aromatic rings. The first-order chi connectivity index (χ1) is 11.9. The number of carbonyl (C=O) groups excluding carboxylic acids is 2. The van der Waals surface area contributed by atoms with Crippen molar-refractivity contribution >= 4 is 17.5 Å². The highest BCUT2D eigenvalue weighted by Crippen LogP contribution is 2.30. The summed E-state index contributed by atoms with van der Waals surface area (Å²) in [5.41, 5.74) is 3.22. The van der Waals surface area contributed by atoms with Gasteiger partial charge in [0, 0.05) is 39.1 Å². The SMILES string of the molecule is CC(=O)N(CCNC(=O)C1CCOCC1)c1c(C)cccc1C(C)C. The van der Waals surface area contributed by atoms with Crippen LogP contribution in [0.5, 0.6) is 0 Å². The van der Waals surface area contributed by atoms with Crippen LogP contribution in [0.3, 0.4) is 0 Å². The largest absolute Gasteiger partial charge is 0.381 e. The number of nitrogens with one attached hydrogen (secondary N) is 1. The van der Waals surface area contributed by atoms with Crippen molar-refractivity contribution in [1.82, 2.24) is 5.32 Å². The molecule has 0 aliphatic carbocycles. The normalized spacial score (nSPS) is 15.2. The summed E-state index contributed by atoms with van der Waals surface area (Å²) in [7, 11) is 0. The molecular formula is C20H30N2O3. The van der Waals surface area contributed by atoms with Crippen LogP contribution in [0.15, 0.2) is 18.2 Å². The number of ether oxygens (including phenoxy) is 1. The van der Waals surface area contributed by atoms with E-state index in [9.17, 15) is 9.59 Å². The van der Waals surface area contributed by atoms with Crippen LogP contribution in [-0.4, -0.2) is 38.1 Å². The van der Waals surface area contributed by atoms with Gasteiger partial charge in [-0.05, 0) is 36.8 Å². The Labute approximate surface area is 150 Å². The molecule has 0 aromatic heterocycles. The van der Waals surface area contributed by atoms with Gasteiger partial charge in [-0.3, -0.25) is 9.59 Å². The maximum absolute atomic E-state index is 12.3. The van der Waals surface area contributed by atoms with Crippen molar-refractivity contribution < 1.29 is 14.3 Å². The van der Waals surface area contributed by atoms with E-state index in [1.165, 1.54) is 0 Å². The molecule has 0 radical (unpaired) electrons. The van der Waals surface area contributed by atoms with Gasteiger partial charge in [0.05, 0.1) is 5.69 Å². The molecule has 1 heterocycles. The predicted molar refractivity (Wildman–Crippen MR) is 99.8 cm³/mol. The Morgan fingerprint density at radius 1 is 1.28 bits per heavy atom. The highest BCUT2D eigenvalue weighted by Gasteiger charge is 2.22. The number of rotatable bonds is 6. The Balaban J connectivity index is 2.05. The first-order valence-corrected chi connectivity index (χ1v) is 9.15. The molecule has 25 heavy (non-hydrogen) atoms. The number of hydrogen-bond acceptors (Lipinski definition) is 3. The molecule has 2 rings (SSSR count). The number of nitrogens with zero attached hydrogens (tertiary/aromatic N) is 1. The zero-order valence-electron chi connectivity index (χ0n) is 15.8. The van der Waals surface area contributed by atoms with E-state index in [1.807, 2.05) is 19.1 Å². The van der Waals surface area contributed by atoms with Crippen LogP contribution >= 0.6 is 0 Å². The molecule has 138 valence electrons. The van der Waals surface area contributed by atoms with Crippen LogP contribution in [-0.2, 0) is 14.3 Å². The lowest BCUT2D eigenvalue weighted by molar-refractivity contribution is -0.127. The lowest BCUT2D eigenvalue weighted by atomic mass is 9.97. The zero-order chi connectivity index (χ0) is 18.4. The fourth-order valence-corrected chi connectivity index (χ4v) is 3.34. The summed E-state index contributed by atoms with van der Waals surface area (Å²) in [5, 5.41) is 2.99.